The van der Waals surface area contributed by atoms with Crippen LogP contribution >= 0.6 is 0 Å². The van der Waals surface area contributed by atoms with E-state index in [1.165, 1.54) is 11.1 Å². The monoisotopic (exact) mass is 394 g/mol. The number of rotatable bonds is 6. The van der Waals surface area contributed by atoms with Gasteiger partial charge >= 0.3 is 0 Å². The van der Waals surface area contributed by atoms with Gasteiger partial charge in [-0.15, -0.1) is 0 Å². The topological polar surface area (TPSA) is 48.0 Å². The Morgan fingerprint density at radius 3 is 1.87 bits per heavy atom. The summed E-state index contributed by atoms with van der Waals surface area (Å²) in [7, 11) is 0. The minimum absolute atomic E-state index is 0.379. The summed E-state index contributed by atoms with van der Waals surface area (Å²) in [6.07, 6.45) is 0.905. The summed E-state index contributed by atoms with van der Waals surface area (Å²) in [5, 5.41) is 0. The molecule has 0 atom stereocenters. The van der Waals surface area contributed by atoms with Crippen LogP contribution in [0.3, 0.4) is 0 Å². The molecule has 0 aliphatic carbocycles. The summed E-state index contributed by atoms with van der Waals surface area (Å²) >= 11 is 0. The summed E-state index contributed by atoms with van der Waals surface area (Å²) < 4.78 is 2.22. The summed E-state index contributed by atoms with van der Waals surface area (Å²) in [4.78, 5) is 12.4. The zero-order chi connectivity index (χ0) is 21.1. The summed E-state index contributed by atoms with van der Waals surface area (Å²) in [5.41, 5.74) is 14.0. The maximum absolute atomic E-state index is 12.4. The average molecular weight is 395 g/mol. The normalized spacial score (nSPS) is 10.9. The number of benzene rings is 3. The fraction of sp³-hybridized carbons (Fsp3) is 0.148. The Hall–Kier alpha value is -3.59. The van der Waals surface area contributed by atoms with Crippen molar-refractivity contribution in [2.45, 2.75) is 26.8 Å². The van der Waals surface area contributed by atoms with E-state index in [2.05, 4.69) is 72.2 Å². The van der Waals surface area contributed by atoms with Crippen molar-refractivity contribution in [2.75, 3.05) is 0 Å². The maximum Gasteiger partial charge on any atom is 0.251 e. The van der Waals surface area contributed by atoms with Gasteiger partial charge in [0.25, 0.3) is 5.91 Å². The second-order valence-electron chi connectivity index (χ2n) is 7.62. The molecular formula is C27H26N2O. The number of hydrogen-bond acceptors (Lipinski definition) is 1. The highest BCUT2D eigenvalue weighted by molar-refractivity contribution is 6.02. The van der Waals surface area contributed by atoms with Gasteiger partial charge in [0, 0.05) is 23.5 Å². The molecule has 0 saturated heterocycles. The Morgan fingerprint density at radius 2 is 1.27 bits per heavy atom. The van der Waals surface area contributed by atoms with Gasteiger partial charge in [-0.3, -0.25) is 4.79 Å². The Morgan fingerprint density at radius 1 is 0.733 bits per heavy atom. The third-order valence-electron chi connectivity index (χ3n) is 5.78. The van der Waals surface area contributed by atoms with Crippen molar-refractivity contribution < 1.29 is 4.79 Å². The molecule has 1 amide bonds. The second kappa shape index (κ2) is 8.42. The fourth-order valence-electron chi connectivity index (χ4n) is 4.22. The van der Waals surface area contributed by atoms with Crippen molar-refractivity contribution in [1.29, 1.82) is 0 Å². The first kappa shape index (κ1) is 19.7. The first-order valence-corrected chi connectivity index (χ1v) is 10.3. The largest absolute Gasteiger partial charge is 0.366 e. The van der Waals surface area contributed by atoms with Crippen LogP contribution in [0, 0.1) is 13.8 Å². The van der Waals surface area contributed by atoms with E-state index in [4.69, 9.17) is 5.73 Å². The quantitative estimate of drug-likeness (QED) is 0.443. The standard InChI is InChI=1S/C27H26N2O/c1-19-25(24-15-13-23(14-16-24)22-11-7-4-8-12-22)26(27(28)30)20(2)29(19)18-17-21-9-5-3-6-10-21/h3-16H,17-18H2,1-2H3,(H2,28,30). The zero-order valence-electron chi connectivity index (χ0n) is 17.4. The van der Waals surface area contributed by atoms with Crippen LogP contribution in [0.1, 0.15) is 27.3 Å². The van der Waals surface area contributed by atoms with Gasteiger partial charge in [-0.05, 0) is 42.5 Å². The molecule has 0 saturated carbocycles. The highest BCUT2D eigenvalue weighted by Crippen LogP contribution is 2.33. The van der Waals surface area contributed by atoms with Crippen molar-refractivity contribution in [1.82, 2.24) is 4.57 Å². The SMILES string of the molecule is Cc1c(C(N)=O)c(-c2ccc(-c3ccccc3)cc2)c(C)n1CCc1ccccc1. The van der Waals surface area contributed by atoms with Gasteiger partial charge in [0.2, 0.25) is 0 Å². The predicted octanol–water partition coefficient (Wildman–Crippen LogP) is 5.78. The molecule has 3 nitrogen and oxygen atoms in total. The highest BCUT2D eigenvalue weighted by atomic mass is 16.1. The first-order chi connectivity index (χ1) is 14.6. The summed E-state index contributed by atoms with van der Waals surface area (Å²) in [6, 6.07) is 29.0. The maximum atomic E-state index is 12.4. The van der Waals surface area contributed by atoms with Gasteiger partial charge < -0.3 is 10.3 Å². The smallest absolute Gasteiger partial charge is 0.251 e. The Kier molecular flexibility index (Phi) is 5.53. The van der Waals surface area contributed by atoms with Crippen LogP contribution in [0.15, 0.2) is 84.9 Å². The lowest BCUT2D eigenvalue weighted by molar-refractivity contribution is 0.1000. The number of hydrogen-bond donors (Lipinski definition) is 1. The molecule has 3 aromatic carbocycles. The lowest BCUT2D eigenvalue weighted by atomic mass is 9.97. The molecule has 0 bridgehead atoms. The van der Waals surface area contributed by atoms with E-state index in [0.717, 1.165) is 41.0 Å². The van der Waals surface area contributed by atoms with E-state index in [-0.39, 0.29) is 5.91 Å². The molecule has 0 fully saturated rings. The molecule has 150 valence electrons. The number of aromatic nitrogens is 1. The highest BCUT2D eigenvalue weighted by Gasteiger charge is 2.22. The Balaban J connectivity index is 1.71. The Labute approximate surface area is 177 Å². The fourth-order valence-corrected chi connectivity index (χ4v) is 4.22. The van der Waals surface area contributed by atoms with Crippen LogP contribution in [0.2, 0.25) is 0 Å². The van der Waals surface area contributed by atoms with E-state index in [1.807, 2.05) is 31.2 Å². The number of carbonyl (C=O) groups is 1. The molecule has 3 heteroatoms. The van der Waals surface area contributed by atoms with Gasteiger partial charge in [0.15, 0.2) is 0 Å². The molecule has 30 heavy (non-hydrogen) atoms. The van der Waals surface area contributed by atoms with Gasteiger partial charge in [-0.2, -0.15) is 0 Å². The van der Waals surface area contributed by atoms with E-state index in [1.54, 1.807) is 0 Å². The average Bonchev–Trinajstić information content (AvgIpc) is 3.03. The second-order valence-corrected chi connectivity index (χ2v) is 7.62. The number of primary amides is 1. The van der Waals surface area contributed by atoms with E-state index >= 15 is 0 Å². The van der Waals surface area contributed by atoms with Gasteiger partial charge in [-0.25, -0.2) is 0 Å². The zero-order valence-corrected chi connectivity index (χ0v) is 17.4. The third kappa shape index (κ3) is 3.79. The van der Waals surface area contributed by atoms with Gasteiger partial charge in [-0.1, -0.05) is 84.9 Å². The van der Waals surface area contributed by atoms with Crippen LogP contribution in [0.25, 0.3) is 22.3 Å². The summed E-state index contributed by atoms with van der Waals surface area (Å²) in [6.45, 7) is 4.87. The molecule has 0 aliphatic heterocycles. The molecule has 1 heterocycles. The minimum Gasteiger partial charge on any atom is -0.366 e. The van der Waals surface area contributed by atoms with Crippen molar-refractivity contribution in [2.24, 2.45) is 5.73 Å². The number of aryl methyl sites for hydroxylation is 1. The summed E-state index contributed by atoms with van der Waals surface area (Å²) in [5.74, 6) is -0.379. The van der Waals surface area contributed by atoms with Crippen molar-refractivity contribution in [3.05, 3.63) is 107 Å². The molecule has 0 radical (unpaired) electrons. The number of nitrogens with two attached hydrogens (primary N) is 1. The van der Waals surface area contributed by atoms with Crippen LogP contribution < -0.4 is 5.73 Å². The van der Waals surface area contributed by atoms with Gasteiger partial charge in [0.1, 0.15) is 0 Å². The van der Waals surface area contributed by atoms with Crippen LogP contribution in [-0.2, 0) is 13.0 Å². The number of amides is 1. The van der Waals surface area contributed by atoms with E-state index in [9.17, 15) is 4.79 Å². The van der Waals surface area contributed by atoms with E-state index < -0.39 is 0 Å². The molecule has 0 unspecified atom stereocenters. The van der Waals surface area contributed by atoms with Crippen LogP contribution in [0.4, 0.5) is 0 Å². The molecule has 0 aliphatic rings. The molecule has 4 rings (SSSR count). The lowest BCUT2D eigenvalue weighted by Crippen LogP contribution is -2.13. The molecule has 0 spiro atoms. The predicted molar refractivity (Wildman–Crippen MR) is 123 cm³/mol. The molecule has 2 N–H and O–H groups in total. The lowest BCUT2D eigenvalue weighted by Gasteiger charge is -2.10. The van der Waals surface area contributed by atoms with Crippen LogP contribution in [-0.4, -0.2) is 10.5 Å². The van der Waals surface area contributed by atoms with Gasteiger partial charge in [0.05, 0.1) is 5.56 Å². The molecule has 4 aromatic rings. The first-order valence-electron chi connectivity index (χ1n) is 10.3. The molecular weight excluding hydrogens is 368 g/mol. The minimum atomic E-state index is -0.379. The number of carbonyl (C=O) groups excluding carboxylic acids is 1. The Bertz CT molecular complexity index is 1160. The van der Waals surface area contributed by atoms with Crippen LogP contribution in [0.5, 0.6) is 0 Å². The number of nitrogens with zero attached hydrogens (tertiary/aromatic N) is 1. The van der Waals surface area contributed by atoms with Crippen molar-refractivity contribution in [3.63, 3.8) is 0 Å². The third-order valence-corrected chi connectivity index (χ3v) is 5.78. The van der Waals surface area contributed by atoms with E-state index in [0.29, 0.717) is 5.56 Å². The molecule has 1 aromatic heterocycles. The van der Waals surface area contributed by atoms with Crippen molar-refractivity contribution in [3.8, 4) is 22.3 Å². The van der Waals surface area contributed by atoms with Crippen molar-refractivity contribution >= 4 is 5.91 Å².